The van der Waals surface area contributed by atoms with Gasteiger partial charge in [0.2, 0.25) is 10.0 Å². The molecule has 1 aliphatic carbocycles. The first-order valence-electron chi connectivity index (χ1n) is 17.8. The highest BCUT2D eigenvalue weighted by Crippen LogP contribution is 2.32. The quantitative estimate of drug-likeness (QED) is 0.137. The third-order valence-electron chi connectivity index (χ3n) is 9.27. The molecule has 1 amide bonds. The zero-order valence-corrected chi connectivity index (χ0v) is 30.6. The lowest BCUT2D eigenvalue weighted by Crippen LogP contribution is -2.43. The van der Waals surface area contributed by atoms with Gasteiger partial charge in [0, 0.05) is 43.6 Å². The van der Waals surface area contributed by atoms with E-state index in [-0.39, 0.29) is 30.1 Å². The molecular weight excluding hydrogens is 655 g/mol. The predicted octanol–water partition coefficient (Wildman–Crippen LogP) is 9.88. The van der Waals surface area contributed by atoms with Gasteiger partial charge in [-0.15, -0.1) is 0 Å². The number of sulfonamides is 1. The van der Waals surface area contributed by atoms with Crippen molar-refractivity contribution in [3.05, 3.63) is 144 Å². The number of hydrogen-bond donors (Lipinski definition) is 0. The van der Waals surface area contributed by atoms with Crippen LogP contribution in [0.2, 0.25) is 0 Å². The number of nitrogens with zero attached hydrogens (tertiary/aromatic N) is 3. The first-order valence-corrected chi connectivity index (χ1v) is 19.2. The molecule has 0 unspecified atom stereocenters. The highest BCUT2D eigenvalue weighted by molar-refractivity contribution is 7.89. The van der Waals surface area contributed by atoms with Crippen LogP contribution in [0.25, 0.3) is 22.3 Å². The Balaban J connectivity index is 1.21. The summed E-state index contributed by atoms with van der Waals surface area (Å²) in [5.41, 5.74) is 5.78. The predicted molar refractivity (Wildman–Crippen MR) is 203 cm³/mol. The summed E-state index contributed by atoms with van der Waals surface area (Å²) in [4.78, 5) is 19.7. The lowest BCUT2D eigenvalue weighted by molar-refractivity contribution is 0.00988. The Morgan fingerprint density at radius 1 is 0.686 bits per heavy atom. The van der Waals surface area contributed by atoms with Crippen molar-refractivity contribution in [2.45, 2.75) is 89.0 Å². The molecule has 0 atom stereocenters. The van der Waals surface area contributed by atoms with Crippen molar-refractivity contribution in [1.29, 1.82) is 0 Å². The first-order chi connectivity index (χ1) is 24.6. The molecule has 0 bridgehead atoms. The maximum atomic E-state index is 14.4. The van der Waals surface area contributed by atoms with Gasteiger partial charge in [0.05, 0.1) is 4.90 Å². The van der Waals surface area contributed by atoms with Crippen LogP contribution in [0.1, 0.15) is 69.6 Å². The zero-order chi connectivity index (χ0) is 35.8. The molecule has 0 radical (unpaired) electrons. The Kier molecular flexibility index (Phi) is 11.3. The van der Waals surface area contributed by atoms with Gasteiger partial charge in [-0.1, -0.05) is 122 Å². The number of pyridine rings is 1. The lowest BCUT2D eigenvalue weighted by atomic mass is 9.94. The summed E-state index contributed by atoms with van der Waals surface area (Å²) >= 11 is 0. The third-order valence-corrected chi connectivity index (χ3v) is 11.1. The molecule has 7 nitrogen and oxygen atoms in total. The molecule has 264 valence electrons. The molecule has 51 heavy (non-hydrogen) atoms. The van der Waals surface area contributed by atoms with E-state index in [1.165, 1.54) is 10.7 Å². The van der Waals surface area contributed by atoms with Gasteiger partial charge < -0.3 is 9.64 Å². The summed E-state index contributed by atoms with van der Waals surface area (Å²) in [6.45, 7) is 6.61. The Hall–Kier alpha value is -4.79. The van der Waals surface area contributed by atoms with Gasteiger partial charge in [0.1, 0.15) is 5.60 Å². The van der Waals surface area contributed by atoms with Crippen LogP contribution >= 0.6 is 0 Å². The lowest BCUT2D eigenvalue weighted by Gasteiger charge is -2.35. The monoisotopic (exact) mass is 701 g/mol. The van der Waals surface area contributed by atoms with Gasteiger partial charge in [-0.2, -0.15) is 4.31 Å². The second kappa shape index (κ2) is 16.0. The number of carbonyl (C=O) groups excluding carboxylic acids is 1. The van der Waals surface area contributed by atoms with Crippen LogP contribution in [0.15, 0.2) is 133 Å². The van der Waals surface area contributed by atoms with E-state index in [1.54, 1.807) is 24.5 Å². The molecule has 1 saturated carbocycles. The Morgan fingerprint density at radius 3 is 1.88 bits per heavy atom. The molecule has 6 rings (SSSR count). The minimum atomic E-state index is -3.91. The summed E-state index contributed by atoms with van der Waals surface area (Å²) in [5.74, 6) is 0. The van der Waals surface area contributed by atoms with E-state index in [9.17, 15) is 13.2 Å². The van der Waals surface area contributed by atoms with Crippen molar-refractivity contribution in [3.8, 4) is 22.3 Å². The fourth-order valence-electron chi connectivity index (χ4n) is 6.67. The molecule has 5 aromatic rings. The zero-order valence-electron chi connectivity index (χ0n) is 29.7. The number of rotatable bonds is 11. The van der Waals surface area contributed by atoms with E-state index in [0.717, 1.165) is 59.1 Å². The van der Waals surface area contributed by atoms with Crippen LogP contribution in [0.3, 0.4) is 0 Å². The van der Waals surface area contributed by atoms with E-state index in [2.05, 4.69) is 29.2 Å². The smallest absolute Gasteiger partial charge is 0.410 e. The van der Waals surface area contributed by atoms with Crippen LogP contribution < -0.4 is 0 Å². The van der Waals surface area contributed by atoms with E-state index in [1.807, 2.05) is 105 Å². The fraction of sp³-hybridized carbons (Fsp3) is 0.302. The van der Waals surface area contributed by atoms with Gasteiger partial charge in [0.15, 0.2) is 0 Å². The standard InChI is InChI=1S/C43H47N3O4S/c1-43(2,3)50-42(47)46(39-16-8-5-9-17-39)32-34-22-26-37(27-23-34)36-24-20-33(21-25-36)30-45(31-35-13-12-28-44-29-35)51(48,49)41-19-11-10-18-40(41)38-14-6-4-7-15-38/h4,6-7,10-15,18-29,39H,5,8-9,16-17,30-32H2,1-3H3. The average molecular weight is 702 g/mol. The van der Waals surface area contributed by atoms with Crippen molar-refractivity contribution < 1.29 is 17.9 Å². The van der Waals surface area contributed by atoms with Crippen molar-refractivity contribution in [2.24, 2.45) is 0 Å². The number of amides is 1. The van der Waals surface area contributed by atoms with Crippen LogP contribution in [-0.4, -0.2) is 40.3 Å². The number of benzene rings is 4. The van der Waals surface area contributed by atoms with Crippen LogP contribution in [-0.2, 0) is 34.4 Å². The highest BCUT2D eigenvalue weighted by atomic mass is 32.2. The number of aromatic nitrogens is 1. The average Bonchev–Trinajstić information content (AvgIpc) is 3.14. The maximum absolute atomic E-state index is 14.4. The molecule has 0 aliphatic heterocycles. The number of hydrogen-bond acceptors (Lipinski definition) is 5. The normalized spacial score (nSPS) is 14.0. The van der Waals surface area contributed by atoms with Crippen molar-refractivity contribution in [3.63, 3.8) is 0 Å². The summed E-state index contributed by atoms with van der Waals surface area (Å²) < 4.78 is 36.2. The molecule has 0 saturated heterocycles. The van der Waals surface area contributed by atoms with Crippen LogP contribution in [0, 0.1) is 0 Å². The first kappa shape index (κ1) is 36.0. The Labute approximate surface area is 303 Å². The van der Waals surface area contributed by atoms with Crippen molar-refractivity contribution in [2.75, 3.05) is 0 Å². The molecule has 1 fully saturated rings. The molecule has 0 spiro atoms. The molecule has 4 aromatic carbocycles. The largest absolute Gasteiger partial charge is 0.444 e. The van der Waals surface area contributed by atoms with Crippen molar-refractivity contribution in [1.82, 2.24) is 14.2 Å². The minimum absolute atomic E-state index is 0.184. The molecule has 1 aromatic heterocycles. The fourth-order valence-corrected chi connectivity index (χ4v) is 8.30. The van der Waals surface area contributed by atoms with Crippen LogP contribution in [0.4, 0.5) is 4.79 Å². The molecule has 1 heterocycles. The van der Waals surface area contributed by atoms with E-state index >= 15 is 0 Å². The van der Waals surface area contributed by atoms with E-state index in [4.69, 9.17) is 4.74 Å². The van der Waals surface area contributed by atoms with Gasteiger partial charge in [0.25, 0.3) is 0 Å². The third kappa shape index (κ3) is 9.31. The molecule has 8 heteroatoms. The summed E-state index contributed by atoms with van der Waals surface area (Å²) in [7, 11) is -3.91. The Bertz CT molecular complexity index is 1990. The maximum Gasteiger partial charge on any atom is 0.410 e. The van der Waals surface area contributed by atoms with Gasteiger partial charge in [-0.3, -0.25) is 4.98 Å². The molecular formula is C43H47N3O4S. The molecule has 1 aliphatic rings. The van der Waals surface area contributed by atoms with Gasteiger partial charge in [-0.25, -0.2) is 13.2 Å². The second-order valence-electron chi connectivity index (χ2n) is 14.3. The summed E-state index contributed by atoms with van der Waals surface area (Å²) in [6, 6.07) is 37.1. The Morgan fingerprint density at radius 2 is 1.27 bits per heavy atom. The number of ether oxygens (including phenoxy) is 1. The topological polar surface area (TPSA) is 79.8 Å². The minimum Gasteiger partial charge on any atom is -0.444 e. The molecule has 0 N–H and O–H groups in total. The van der Waals surface area contributed by atoms with Crippen molar-refractivity contribution >= 4 is 16.1 Å². The highest BCUT2D eigenvalue weighted by Gasteiger charge is 2.30. The van der Waals surface area contributed by atoms with E-state index < -0.39 is 15.6 Å². The summed E-state index contributed by atoms with van der Waals surface area (Å²) in [6.07, 6.45) is 8.63. The van der Waals surface area contributed by atoms with E-state index in [0.29, 0.717) is 12.1 Å². The second-order valence-corrected chi connectivity index (χ2v) is 16.2. The van der Waals surface area contributed by atoms with Gasteiger partial charge >= 0.3 is 6.09 Å². The number of carbonyl (C=O) groups is 1. The van der Waals surface area contributed by atoms with Gasteiger partial charge in [-0.05, 0) is 79.1 Å². The SMILES string of the molecule is CC(C)(C)OC(=O)N(Cc1ccc(-c2ccc(CN(Cc3cccnc3)S(=O)(=O)c3ccccc3-c3ccccc3)cc2)cc1)C1CCCCC1. The summed E-state index contributed by atoms with van der Waals surface area (Å²) in [5, 5.41) is 0. The van der Waals surface area contributed by atoms with Crippen LogP contribution in [0.5, 0.6) is 0 Å².